The summed E-state index contributed by atoms with van der Waals surface area (Å²) < 4.78 is 2.21. The summed E-state index contributed by atoms with van der Waals surface area (Å²) >= 11 is 3.35. The van der Waals surface area contributed by atoms with Gasteiger partial charge >= 0.3 is 0 Å². The first kappa shape index (κ1) is 17.6. The largest absolute Gasteiger partial charge is 0.325 e. The SMILES string of the molecule is CC(=O)c1ccccc1NC(=O)CCCSc1nc2ccccc2s1. The fraction of sp³-hybridized carbons (Fsp3) is 0.211. The molecular formula is C19H18N2O2S2. The summed E-state index contributed by atoms with van der Waals surface area (Å²) in [5.41, 5.74) is 2.15. The zero-order valence-corrected chi connectivity index (χ0v) is 15.5. The van der Waals surface area contributed by atoms with Crippen molar-refractivity contribution in [2.24, 2.45) is 0 Å². The number of carbonyl (C=O) groups is 2. The number of ketones is 1. The molecule has 0 unspecified atom stereocenters. The van der Waals surface area contributed by atoms with Crippen LogP contribution in [0.3, 0.4) is 0 Å². The van der Waals surface area contributed by atoms with Crippen molar-refractivity contribution in [1.82, 2.24) is 4.98 Å². The van der Waals surface area contributed by atoms with Crippen LogP contribution in [-0.2, 0) is 4.79 Å². The second kappa shape index (κ2) is 8.27. The maximum atomic E-state index is 12.1. The van der Waals surface area contributed by atoms with E-state index in [0.29, 0.717) is 17.7 Å². The number of carbonyl (C=O) groups excluding carboxylic acids is 2. The summed E-state index contributed by atoms with van der Waals surface area (Å²) in [6.45, 7) is 1.50. The van der Waals surface area contributed by atoms with Gasteiger partial charge in [-0.15, -0.1) is 11.3 Å². The number of amides is 1. The Labute approximate surface area is 154 Å². The monoisotopic (exact) mass is 370 g/mol. The lowest BCUT2D eigenvalue weighted by Crippen LogP contribution is -2.13. The van der Waals surface area contributed by atoms with Crippen LogP contribution in [0.1, 0.15) is 30.1 Å². The van der Waals surface area contributed by atoms with E-state index in [1.807, 2.05) is 24.3 Å². The minimum Gasteiger partial charge on any atom is -0.325 e. The third kappa shape index (κ3) is 4.67. The molecule has 0 atom stereocenters. The lowest BCUT2D eigenvalue weighted by molar-refractivity contribution is -0.116. The van der Waals surface area contributed by atoms with Crippen molar-refractivity contribution < 1.29 is 9.59 Å². The van der Waals surface area contributed by atoms with Gasteiger partial charge in [-0.05, 0) is 37.6 Å². The Balaban J connectivity index is 1.47. The summed E-state index contributed by atoms with van der Waals surface area (Å²) in [6.07, 6.45) is 1.18. The Bertz CT molecular complexity index is 872. The molecule has 3 aromatic rings. The molecule has 0 bridgehead atoms. The molecule has 3 rings (SSSR count). The summed E-state index contributed by atoms with van der Waals surface area (Å²) in [7, 11) is 0. The van der Waals surface area contributed by atoms with E-state index in [0.717, 1.165) is 22.0 Å². The average molecular weight is 370 g/mol. The van der Waals surface area contributed by atoms with E-state index in [1.165, 1.54) is 11.6 Å². The molecule has 25 heavy (non-hydrogen) atoms. The summed E-state index contributed by atoms with van der Waals surface area (Å²) in [5.74, 6) is 0.711. The zero-order valence-electron chi connectivity index (χ0n) is 13.8. The number of aromatic nitrogens is 1. The zero-order chi connectivity index (χ0) is 17.6. The molecule has 0 saturated carbocycles. The molecule has 1 aromatic heterocycles. The Kier molecular flexibility index (Phi) is 5.83. The number of thioether (sulfide) groups is 1. The highest BCUT2D eigenvalue weighted by Gasteiger charge is 2.10. The van der Waals surface area contributed by atoms with E-state index in [2.05, 4.69) is 16.4 Å². The molecule has 0 radical (unpaired) electrons. The van der Waals surface area contributed by atoms with E-state index >= 15 is 0 Å². The third-order valence-electron chi connectivity index (χ3n) is 3.63. The van der Waals surface area contributed by atoms with Gasteiger partial charge in [0.2, 0.25) is 5.91 Å². The number of rotatable bonds is 7. The summed E-state index contributed by atoms with van der Waals surface area (Å²) in [5, 5.41) is 2.83. The quantitative estimate of drug-likeness (QED) is 0.361. The lowest BCUT2D eigenvalue weighted by Gasteiger charge is -2.08. The maximum Gasteiger partial charge on any atom is 0.224 e. The standard InChI is InChI=1S/C19H18N2O2S2/c1-13(22)14-7-2-3-8-15(14)20-18(23)11-6-12-24-19-21-16-9-4-5-10-17(16)25-19/h2-5,7-10H,6,11-12H2,1H3,(H,20,23). The number of anilines is 1. The van der Waals surface area contributed by atoms with E-state index in [-0.39, 0.29) is 11.7 Å². The highest BCUT2D eigenvalue weighted by atomic mass is 32.2. The summed E-state index contributed by atoms with van der Waals surface area (Å²) in [4.78, 5) is 28.2. The molecule has 0 aliphatic carbocycles. The molecule has 1 amide bonds. The maximum absolute atomic E-state index is 12.1. The van der Waals surface area contributed by atoms with Crippen LogP contribution >= 0.6 is 23.1 Å². The highest BCUT2D eigenvalue weighted by molar-refractivity contribution is 8.01. The number of nitrogens with one attached hydrogen (secondary N) is 1. The molecule has 0 spiro atoms. The number of nitrogens with zero attached hydrogens (tertiary/aromatic N) is 1. The molecule has 0 aliphatic rings. The van der Waals surface area contributed by atoms with Crippen LogP contribution in [0.2, 0.25) is 0 Å². The van der Waals surface area contributed by atoms with Crippen LogP contribution < -0.4 is 5.32 Å². The minimum atomic E-state index is -0.0707. The highest BCUT2D eigenvalue weighted by Crippen LogP contribution is 2.29. The van der Waals surface area contributed by atoms with E-state index in [9.17, 15) is 9.59 Å². The van der Waals surface area contributed by atoms with Crippen molar-refractivity contribution in [1.29, 1.82) is 0 Å². The minimum absolute atomic E-state index is 0.0534. The normalized spacial score (nSPS) is 10.8. The lowest BCUT2D eigenvalue weighted by atomic mass is 10.1. The number of hydrogen-bond donors (Lipinski definition) is 1. The predicted molar refractivity (Wildman–Crippen MR) is 105 cm³/mol. The third-order valence-corrected chi connectivity index (χ3v) is 5.89. The fourth-order valence-electron chi connectivity index (χ4n) is 2.42. The van der Waals surface area contributed by atoms with Crippen LogP contribution in [-0.4, -0.2) is 22.4 Å². The second-order valence-electron chi connectivity index (χ2n) is 5.55. The predicted octanol–water partition coefficient (Wildman–Crippen LogP) is 5.01. The Morgan fingerprint density at radius 1 is 1.12 bits per heavy atom. The first-order valence-corrected chi connectivity index (χ1v) is 9.82. The van der Waals surface area contributed by atoms with Gasteiger partial charge in [0.05, 0.1) is 15.9 Å². The van der Waals surface area contributed by atoms with E-state index < -0.39 is 0 Å². The van der Waals surface area contributed by atoms with Crippen molar-refractivity contribution >= 4 is 50.7 Å². The number of thiazole rings is 1. The number of fused-ring (bicyclic) bond motifs is 1. The van der Waals surface area contributed by atoms with Crippen LogP contribution in [0.5, 0.6) is 0 Å². The molecule has 1 N–H and O–H groups in total. The molecule has 0 fully saturated rings. The van der Waals surface area contributed by atoms with Crippen LogP contribution in [0, 0.1) is 0 Å². The number of Topliss-reactive ketones (excluding diaryl/α,β-unsaturated/α-hetero) is 1. The molecule has 6 heteroatoms. The molecular weight excluding hydrogens is 352 g/mol. The van der Waals surface area contributed by atoms with Gasteiger partial charge in [-0.2, -0.15) is 0 Å². The van der Waals surface area contributed by atoms with Crippen molar-refractivity contribution in [2.75, 3.05) is 11.1 Å². The smallest absolute Gasteiger partial charge is 0.224 e. The Morgan fingerprint density at radius 3 is 2.68 bits per heavy atom. The van der Waals surface area contributed by atoms with E-state index in [4.69, 9.17) is 0 Å². The van der Waals surface area contributed by atoms with Crippen molar-refractivity contribution in [3.05, 3.63) is 54.1 Å². The Hall–Kier alpha value is -2.18. The van der Waals surface area contributed by atoms with Gasteiger partial charge < -0.3 is 5.32 Å². The van der Waals surface area contributed by atoms with Gasteiger partial charge in [0.15, 0.2) is 10.1 Å². The first-order chi connectivity index (χ1) is 12.1. The number of para-hydroxylation sites is 2. The van der Waals surface area contributed by atoms with Gasteiger partial charge in [0.25, 0.3) is 0 Å². The molecule has 0 aliphatic heterocycles. The van der Waals surface area contributed by atoms with Gasteiger partial charge in [-0.25, -0.2) is 4.98 Å². The van der Waals surface area contributed by atoms with Gasteiger partial charge in [0.1, 0.15) is 0 Å². The van der Waals surface area contributed by atoms with Crippen molar-refractivity contribution in [2.45, 2.75) is 24.1 Å². The van der Waals surface area contributed by atoms with Crippen LogP contribution in [0.15, 0.2) is 52.9 Å². The van der Waals surface area contributed by atoms with Gasteiger partial charge in [0, 0.05) is 17.7 Å². The summed E-state index contributed by atoms with van der Waals surface area (Å²) in [6, 6.07) is 15.2. The van der Waals surface area contributed by atoms with Crippen LogP contribution in [0.4, 0.5) is 5.69 Å². The first-order valence-electron chi connectivity index (χ1n) is 8.01. The van der Waals surface area contributed by atoms with Gasteiger partial charge in [-0.1, -0.05) is 36.0 Å². The average Bonchev–Trinajstić information content (AvgIpc) is 3.02. The Morgan fingerprint density at radius 2 is 1.88 bits per heavy atom. The molecule has 1 heterocycles. The number of benzene rings is 2. The van der Waals surface area contributed by atoms with Crippen molar-refractivity contribution in [3.8, 4) is 0 Å². The fourth-order valence-corrected chi connectivity index (χ4v) is 4.50. The van der Waals surface area contributed by atoms with Gasteiger partial charge in [-0.3, -0.25) is 9.59 Å². The molecule has 0 saturated heterocycles. The van der Waals surface area contributed by atoms with E-state index in [1.54, 1.807) is 41.3 Å². The second-order valence-corrected chi connectivity index (χ2v) is 7.92. The molecule has 4 nitrogen and oxygen atoms in total. The number of hydrogen-bond acceptors (Lipinski definition) is 5. The molecule has 2 aromatic carbocycles. The van der Waals surface area contributed by atoms with Crippen LogP contribution in [0.25, 0.3) is 10.2 Å². The topological polar surface area (TPSA) is 59.1 Å². The van der Waals surface area contributed by atoms with Crippen molar-refractivity contribution in [3.63, 3.8) is 0 Å². The molecule has 128 valence electrons.